The van der Waals surface area contributed by atoms with Crippen LogP contribution in [0.15, 0.2) is 24.3 Å². The number of ether oxygens (including phenoxy) is 1. The van der Waals surface area contributed by atoms with Crippen LogP contribution in [0.5, 0.6) is 0 Å². The summed E-state index contributed by atoms with van der Waals surface area (Å²) < 4.78 is 5.12. The van der Waals surface area contributed by atoms with Gasteiger partial charge in [-0.15, -0.1) is 0 Å². The summed E-state index contributed by atoms with van der Waals surface area (Å²) in [6.07, 6.45) is 0.176. The van der Waals surface area contributed by atoms with E-state index in [0.717, 1.165) is 0 Å². The summed E-state index contributed by atoms with van der Waals surface area (Å²) in [5.41, 5.74) is 5.83. The Hall–Kier alpha value is -1.59. The van der Waals surface area contributed by atoms with Gasteiger partial charge in [0.15, 0.2) is 5.92 Å². The second-order valence-electron chi connectivity index (χ2n) is 5.81. The highest BCUT2D eigenvalue weighted by Crippen LogP contribution is 2.20. The minimum absolute atomic E-state index is 0.176. The lowest BCUT2D eigenvalue weighted by molar-refractivity contribution is -0.167. The van der Waals surface area contributed by atoms with E-state index in [1.807, 2.05) is 0 Å². The standard InChI is InChI=1S/C15H20ClNO4/c1-15(2,3)21-14(20)12(13(18)19)11(17)8-9-6-4-5-7-10(9)16/h4-7,11-12H,8,17H2,1-3H3,(H,18,19)/t11-,12+/m1/s1. The predicted molar refractivity (Wildman–Crippen MR) is 80.1 cm³/mol. The fourth-order valence-electron chi connectivity index (χ4n) is 1.86. The normalized spacial score (nSPS) is 14.3. The van der Waals surface area contributed by atoms with Crippen LogP contribution in [0.25, 0.3) is 0 Å². The molecule has 6 heteroatoms. The Morgan fingerprint density at radius 1 is 1.33 bits per heavy atom. The number of esters is 1. The molecule has 0 bridgehead atoms. The zero-order chi connectivity index (χ0) is 16.2. The largest absolute Gasteiger partial charge is 0.481 e. The SMILES string of the molecule is CC(C)(C)OC(=O)[C@H](C(=O)O)[C@H](N)Cc1ccccc1Cl. The molecule has 3 N–H and O–H groups in total. The summed E-state index contributed by atoms with van der Waals surface area (Å²) in [5, 5.41) is 9.73. The number of aliphatic carboxylic acids is 1. The average molecular weight is 314 g/mol. The van der Waals surface area contributed by atoms with Crippen molar-refractivity contribution in [3.63, 3.8) is 0 Å². The van der Waals surface area contributed by atoms with Crippen LogP contribution in [0, 0.1) is 5.92 Å². The van der Waals surface area contributed by atoms with Crippen LogP contribution >= 0.6 is 11.6 Å². The number of carboxylic acids is 1. The molecule has 21 heavy (non-hydrogen) atoms. The highest BCUT2D eigenvalue weighted by Gasteiger charge is 2.36. The van der Waals surface area contributed by atoms with Crippen LogP contribution in [0.3, 0.4) is 0 Å². The molecule has 1 rings (SSSR count). The summed E-state index contributed by atoms with van der Waals surface area (Å²) in [5.74, 6) is -3.57. The van der Waals surface area contributed by atoms with Crippen LogP contribution in [-0.4, -0.2) is 28.7 Å². The second kappa shape index (κ2) is 6.91. The molecular weight excluding hydrogens is 294 g/mol. The molecule has 0 aliphatic carbocycles. The van der Waals surface area contributed by atoms with Crippen molar-refractivity contribution >= 4 is 23.5 Å². The molecular formula is C15H20ClNO4. The molecule has 0 aliphatic heterocycles. The number of benzene rings is 1. The first-order valence-corrected chi connectivity index (χ1v) is 6.94. The molecule has 0 unspecified atom stereocenters. The Kier molecular flexibility index (Phi) is 5.75. The fraction of sp³-hybridized carbons (Fsp3) is 0.467. The lowest BCUT2D eigenvalue weighted by Crippen LogP contribution is -2.45. The molecule has 0 radical (unpaired) electrons. The summed E-state index contributed by atoms with van der Waals surface area (Å²) in [7, 11) is 0. The maximum atomic E-state index is 12.0. The van der Waals surface area contributed by atoms with Crippen LogP contribution in [-0.2, 0) is 20.7 Å². The van der Waals surface area contributed by atoms with Gasteiger partial charge in [-0.1, -0.05) is 29.8 Å². The Morgan fingerprint density at radius 2 is 1.90 bits per heavy atom. The first-order chi connectivity index (χ1) is 9.61. The number of rotatable bonds is 5. The van der Waals surface area contributed by atoms with Gasteiger partial charge in [0.2, 0.25) is 0 Å². The van der Waals surface area contributed by atoms with Gasteiger partial charge in [-0.2, -0.15) is 0 Å². The third-order valence-electron chi connectivity index (χ3n) is 2.77. The Morgan fingerprint density at radius 3 is 2.38 bits per heavy atom. The lowest BCUT2D eigenvalue weighted by Gasteiger charge is -2.25. The van der Waals surface area contributed by atoms with E-state index in [4.69, 9.17) is 22.1 Å². The maximum absolute atomic E-state index is 12.0. The van der Waals surface area contributed by atoms with Gasteiger partial charge in [0, 0.05) is 11.1 Å². The molecule has 0 fully saturated rings. The molecule has 116 valence electrons. The summed E-state index contributed by atoms with van der Waals surface area (Å²) >= 11 is 6.02. The van der Waals surface area contributed by atoms with Crippen molar-refractivity contribution in [3.05, 3.63) is 34.9 Å². The Labute approximate surface area is 129 Å². The number of halogens is 1. The number of hydrogen-bond donors (Lipinski definition) is 2. The van der Waals surface area contributed by atoms with Crippen molar-refractivity contribution in [2.45, 2.75) is 38.8 Å². The molecule has 2 atom stereocenters. The molecule has 1 aromatic carbocycles. The van der Waals surface area contributed by atoms with Crippen molar-refractivity contribution in [3.8, 4) is 0 Å². The van der Waals surface area contributed by atoms with E-state index >= 15 is 0 Å². The third-order valence-corrected chi connectivity index (χ3v) is 3.14. The highest BCUT2D eigenvalue weighted by atomic mass is 35.5. The summed E-state index contributed by atoms with van der Waals surface area (Å²) in [4.78, 5) is 23.3. The van der Waals surface area contributed by atoms with E-state index in [1.54, 1.807) is 45.0 Å². The number of carbonyl (C=O) groups is 2. The first kappa shape index (κ1) is 17.5. The van der Waals surface area contributed by atoms with Gasteiger partial charge >= 0.3 is 11.9 Å². The van der Waals surface area contributed by atoms with E-state index in [9.17, 15) is 14.7 Å². The monoisotopic (exact) mass is 313 g/mol. The van der Waals surface area contributed by atoms with Crippen molar-refractivity contribution in [2.75, 3.05) is 0 Å². The van der Waals surface area contributed by atoms with Gasteiger partial charge < -0.3 is 15.6 Å². The van der Waals surface area contributed by atoms with Crippen molar-refractivity contribution < 1.29 is 19.4 Å². The van der Waals surface area contributed by atoms with Crippen molar-refractivity contribution in [2.24, 2.45) is 11.7 Å². The molecule has 0 amide bonds. The Balaban J connectivity index is 2.88. The minimum atomic E-state index is -1.43. The van der Waals surface area contributed by atoms with Crippen molar-refractivity contribution in [1.29, 1.82) is 0 Å². The van der Waals surface area contributed by atoms with Gasteiger partial charge in [0.05, 0.1) is 0 Å². The van der Waals surface area contributed by atoms with Crippen LogP contribution in [0.1, 0.15) is 26.3 Å². The van der Waals surface area contributed by atoms with Gasteiger partial charge in [-0.3, -0.25) is 9.59 Å². The van der Waals surface area contributed by atoms with Crippen molar-refractivity contribution in [1.82, 2.24) is 0 Å². The topological polar surface area (TPSA) is 89.6 Å². The van der Waals surface area contributed by atoms with Crippen LogP contribution < -0.4 is 5.73 Å². The summed E-state index contributed by atoms with van der Waals surface area (Å²) in [6, 6.07) is 6.05. The highest BCUT2D eigenvalue weighted by molar-refractivity contribution is 6.31. The van der Waals surface area contributed by atoms with E-state index in [2.05, 4.69) is 0 Å². The average Bonchev–Trinajstić information content (AvgIpc) is 2.29. The first-order valence-electron chi connectivity index (χ1n) is 6.56. The molecule has 5 nitrogen and oxygen atoms in total. The molecule has 0 heterocycles. The van der Waals surface area contributed by atoms with E-state index in [0.29, 0.717) is 10.6 Å². The lowest BCUT2D eigenvalue weighted by atomic mass is 9.94. The number of carbonyl (C=O) groups excluding carboxylic acids is 1. The molecule has 0 saturated heterocycles. The van der Waals surface area contributed by atoms with Gasteiger partial charge in [-0.05, 0) is 38.8 Å². The van der Waals surface area contributed by atoms with Gasteiger partial charge in [-0.25, -0.2) is 0 Å². The summed E-state index contributed by atoms with van der Waals surface area (Å²) in [6.45, 7) is 5.01. The molecule has 1 aromatic rings. The third kappa shape index (κ3) is 5.36. The molecule has 0 aliphatic rings. The van der Waals surface area contributed by atoms with E-state index in [1.165, 1.54) is 0 Å². The number of carboxylic acid groups (broad SMARTS) is 1. The fourth-order valence-corrected chi connectivity index (χ4v) is 2.07. The number of hydrogen-bond acceptors (Lipinski definition) is 4. The van der Waals surface area contributed by atoms with Gasteiger partial charge in [0.25, 0.3) is 0 Å². The zero-order valence-corrected chi connectivity index (χ0v) is 13.1. The zero-order valence-electron chi connectivity index (χ0n) is 12.3. The minimum Gasteiger partial charge on any atom is -0.481 e. The predicted octanol–water partition coefficient (Wildman–Crippen LogP) is 2.25. The number of nitrogens with two attached hydrogens (primary N) is 1. The van der Waals surface area contributed by atoms with Crippen LogP contribution in [0.4, 0.5) is 0 Å². The second-order valence-corrected chi connectivity index (χ2v) is 6.22. The van der Waals surface area contributed by atoms with E-state index in [-0.39, 0.29) is 6.42 Å². The Bertz CT molecular complexity index is 525. The maximum Gasteiger partial charge on any atom is 0.322 e. The van der Waals surface area contributed by atoms with Gasteiger partial charge in [0.1, 0.15) is 5.60 Å². The van der Waals surface area contributed by atoms with E-state index < -0.39 is 29.5 Å². The molecule has 0 spiro atoms. The van der Waals surface area contributed by atoms with Crippen LogP contribution in [0.2, 0.25) is 5.02 Å². The molecule has 0 aromatic heterocycles. The smallest absolute Gasteiger partial charge is 0.322 e. The quantitative estimate of drug-likeness (QED) is 0.643. The molecule has 0 saturated carbocycles.